The summed E-state index contributed by atoms with van der Waals surface area (Å²) in [4.78, 5) is 16.3. The largest absolute Gasteiger partial charge is 0.378 e. The molecular formula is C19H24FN3O. The van der Waals surface area contributed by atoms with Crippen LogP contribution >= 0.6 is 0 Å². The number of rotatable bonds is 6. The van der Waals surface area contributed by atoms with Crippen molar-refractivity contribution >= 4 is 11.6 Å². The first-order valence-corrected chi connectivity index (χ1v) is 7.86. The molecule has 0 aliphatic heterocycles. The summed E-state index contributed by atoms with van der Waals surface area (Å²) in [5.41, 5.74) is 2.28. The minimum Gasteiger partial charge on any atom is -0.378 e. The maximum absolute atomic E-state index is 13.7. The van der Waals surface area contributed by atoms with Gasteiger partial charge < -0.3 is 15.1 Å². The lowest BCUT2D eigenvalue weighted by atomic mass is 10.0. The molecule has 0 spiro atoms. The van der Waals surface area contributed by atoms with Gasteiger partial charge in [-0.2, -0.15) is 0 Å². The Hall–Kier alpha value is -2.40. The highest BCUT2D eigenvalue weighted by Gasteiger charge is 2.17. The second kappa shape index (κ2) is 7.93. The Labute approximate surface area is 142 Å². The van der Waals surface area contributed by atoms with Crippen LogP contribution in [0.25, 0.3) is 0 Å². The minimum absolute atomic E-state index is 0.0111. The van der Waals surface area contributed by atoms with Crippen LogP contribution in [0.4, 0.5) is 10.1 Å². The van der Waals surface area contributed by atoms with Gasteiger partial charge in [-0.1, -0.05) is 24.3 Å². The number of benzene rings is 2. The highest BCUT2D eigenvalue weighted by Crippen LogP contribution is 2.21. The summed E-state index contributed by atoms with van der Waals surface area (Å²) >= 11 is 0. The predicted molar refractivity (Wildman–Crippen MR) is 95.9 cm³/mol. The van der Waals surface area contributed by atoms with Crippen LogP contribution in [-0.4, -0.2) is 45.5 Å². The maximum Gasteiger partial charge on any atom is 0.254 e. The molecule has 4 nitrogen and oxygen atoms in total. The third-order valence-corrected chi connectivity index (χ3v) is 3.99. The van der Waals surface area contributed by atoms with E-state index in [0.717, 1.165) is 11.3 Å². The molecule has 2 aromatic carbocycles. The Morgan fingerprint density at radius 3 is 2.21 bits per heavy atom. The van der Waals surface area contributed by atoms with Crippen molar-refractivity contribution in [3.63, 3.8) is 0 Å². The Morgan fingerprint density at radius 2 is 1.67 bits per heavy atom. The summed E-state index contributed by atoms with van der Waals surface area (Å²) in [5, 5.41) is 2.83. The molecule has 0 unspecified atom stereocenters. The lowest BCUT2D eigenvalue weighted by molar-refractivity contribution is 0.0938. The van der Waals surface area contributed by atoms with Crippen LogP contribution in [0.1, 0.15) is 22.0 Å². The number of carbonyl (C=O) groups excluding carboxylic acids is 1. The van der Waals surface area contributed by atoms with Gasteiger partial charge in [-0.25, -0.2) is 4.39 Å². The third kappa shape index (κ3) is 4.32. The van der Waals surface area contributed by atoms with Crippen molar-refractivity contribution in [1.29, 1.82) is 0 Å². The van der Waals surface area contributed by atoms with E-state index >= 15 is 0 Å². The Morgan fingerprint density at radius 1 is 1.04 bits per heavy atom. The smallest absolute Gasteiger partial charge is 0.254 e. The van der Waals surface area contributed by atoms with Crippen molar-refractivity contribution in [1.82, 2.24) is 10.2 Å². The first-order valence-electron chi connectivity index (χ1n) is 7.86. The van der Waals surface area contributed by atoms with E-state index in [4.69, 9.17) is 0 Å². The molecule has 0 aliphatic carbocycles. The van der Waals surface area contributed by atoms with Crippen LogP contribution in [0.2, 0.25) is 0 Å². The highest BCUT2D eigenvalue weighted by atomic mass is 19.1. The van der Waals surface area contributed by atoms with Gasteiger partial charge in [0.1, 0.15) is 5.82 Å². The molecule has 24 heavy (non-hydrogen) atoms. The van der Waals surface area contributed by atoms with E-state index in [1.54, 1.807) is 12.1 Å². The molecule has 1 N–H and O–H groups in total. The highest BCUT2D eigenvalue weighted by molar-refractivity contribution is 5.94. The molecule has 0 radical (unpaired) electrons. The number of carbonyl (C=O) groups is 1. The van der Waals surface area contributed by atoms with E-state index in [-0.39, 0.29) is 11.6 Å². The number of amides is 1. The van der Waals surface area contributed by atoms with Crippen molar-refractivity contribution in [2.24, 2.45) is 0 Å². The topological polar surface area (TPSA) is 35.6 Å². The van der Waals surface area contributed by atoms with Crippen molar-refractivity contribution in [2.75, 3.05) is 39.6 Å². The zero-order chi connectivity index (χ0) is 17.7. The molecule has 128 valence electrons. The molecule has 2 rings (SSSR count). The van der Waals surface area contributed by atoms with Crippen LogP contribution in [0.5, 0.6) is 0 Å². The van der Waals surface area contributed by atoms with Crippen molar-refractivity contribution < 1.29 is 9.18 Å². The lowest BCUT2D eigenvalue weighted by Gasteiger charge is -2.26. The van der Waals surface area contributed by atoms with E-state index in [2.05, 4.69) is 17.4 Å². The van der Waals surface area contributed by atoms with Gasteiger partial charge in [0.05, 0.1) is 11.6 Å². The van der Waals surface area contributed by atoms with E-state index in [9.17, 15) is 9.18 Å². The summed E-state index contributed by atoms with van der Waals surface area (Å²) in [6, 6.07) is 14.2. The molecule has 0 bridgehead atoms. The molecule has 0 heterocycles. The Balaban J connectivity index is 2.09. The van der Waals surface area contributed by atoms with Crippen molar-refractivity contribution in [3.8, 4) is 0 Å². The number of likely N-dealkylation sites (N-methyl/N-ethyl adjacent to an activating group) is 1. The normalized spacial score (nSPS) is 12.1. The molecule has 0 aromatic heterocycles. The zero-order valence-corrected chi connectivity index (χ0v) is 14.6. The second-order valence-corrected chi connectivity index (χ2v) is 6.16. The molecule has 5 heteroatoms. The van der Waals surface area contributed by atoms with Crippen LogP contribution in [0.3, 0.4) is 0 Å². The minimum atomic E-state index is -0.508. The van der Waals surface area contributed by atoms with Gasteiger partial charge >= 0.3 is 0 Å². The van der Waals surface area contributed by atoms with Gasteiger partial charge in [0.25, 0.3) is 5.91 Å². The van der Waals surface area contributed by atoms with Crippen molar-refractivity contribution in [3.05, 3.63) is 65.5 Å². The van der Waals surface area contributed by atoms with Gasteiger partial charge in [0.15, 0.2) is 0 Å². The predicted octanol–water partition coefficient (Wildman–Crippen LogP) is 2.92. The molecule has 2 aromatic rings. The van der Waals surface area contributed by atoms with Crippen LogP contribution in [0.15, 0.2) is 48.5 Å². The molecule has 1 amide bonds. The molecule has 1 atom stereocenters. The van der Waals surface area contributed by atoms with Gasteiger partial charge in [0.2, 0.25) is 0 Å². The molecule has 0 aliphatic rings. The fourth-order valence-corrected chi connectivity index (χ4v) is 2.52. The van der Waals surface area contributed by atoms with Crippen LogP contribution < -0.4 is 10.2 Å². The summed E-state index contributed by atoms with van der Waals surface area (Å²) in [7, 11) is 7.90. The van der Waals surface area contributed by atoms with Crippen molar-refractivity contribution in [2.45, 2.75) is 6.04 Å². The quantitative estimate of drug-likeness (QED) is 0.885. The van der Waals surface area contributed by atoms with E-state index in [1.807, 2.05) is 50.1 Å². The second-order valence-electron chi connectivity index (χ2n) is 6.16. The fraction of sp³-hybridized carbons (Fsp3) is 0.316. The van der Waals surface area contributed by atoms with Gasteiger partial charge in [-0.3, -0.25) is 4.79 Å². The average molecular weight is 329 g/mol. The standard InChI is InChI=1S/C19H24FN3O/c1-22(2)15-11-9-14(10-12-15)18(23(3)4)13-21-19(24)16-7-5-6-8-17(16)20/h5-12,18H,13H2,1-4H3,(H,21,24)/t18-/m1/s1. The lowest BCUT2D eigenvalue weighted by Crippen LogP contribution is -2.34. The molecular weight excluding hydrogens is 305 g/mol. The number of anilines is 1. The van der Waals surface area contributed by atoms with E-state index in [0.29, 0.717) is 6.54 Å². The SMILES string of the molecule is CN(C)c1ccc([C@@H](CNC(=O)c2ccccc2F)N(C)C)cc1. The number of hydrogen-bond acceptors (Lipinski definition) is 3. The van der Waals surface area contributed by atoms with Crippen LogP contribution in [-0.2, 0) is 0 Å². The van der Waals surface area contributed by atoms with Gasteiger partial charge in [-0.05, 0) is 43.9 Å². The number of hydrogen-bond donors (Lipinski definition) is 1. The Kier molecular flexibility index (Phi) is 5.93. The molecule has 0 saturated carbocycles. The summed E-state index contributed by atoms with van der Waals surface area (Å²) in [6.45, 7) is 0.404. The first kappa shape index (κ1) is 17.9. The fourth-order valence-electron chi connectivity index (χ4n) is 2.52. The summed E-state index contributed by atoms with van der Waals surface area (Å²) in [6.07, 6.45) is 0. The van der Waals surface area contributed by atoms with E-state index in [1.165, 1.54) is 12.1 Å². The monoisotopic (exact) mass is 329 g/mol. The van der Waals surface area contributed by atoms with Gasteiger partial charge in [0, 0.05) is 26.3 Å². The van der Waals surface area contributed by atoms with Gasteiger partial charge in [-0.15, -0.1) is 0 Å². The number of nitrogens with one attached hydrogen (secondary N) is 1. The molecule has 0 fully saturated rings. The van der Waals surface area contributed by atoms with Crippen LogP contribution in [0, 0.1) is 5.82 Å². The van der Waals surface area contributed by atoms with E-state index < -0.39 is 11.7 Å². The molecule has 0 saturated heterocycles. The maximum atomic E-state index is 13.7. The third-order valence-electron chi connectivity index (χ3n) is 3.99. The summed E-state index contributed by atoms with van der Waals surface area (Å²) in [5.74, 6) is -0.906. The zero-order valence-electron chi connectivity index (χ0n) is 14.6. The number of nitrogens with zero attached hydrogens (tertiary/aromatic N) is 2. The number of halogens is 1. The Bertz CT molecular complexity index is 683. The summed E-state index contributed by atoms with van der Waals surface area (Å²) < 4.78 is 13.7. The first-order chi connectivity index (χ1) is 11.4. The average Bonchev–Trinajstić information content (AvgIpc) is 2.55.